The van der Waals surface area contributed by atoms with Crippen LogP contribution in [0, 0.1) is 0 Å². The van der Waals surface area contributed by atoms with Gasteiger partial charge in [-0.2, -0.15) is 0 Å². The van der Waals surface area contributed by atoms with Gasteiger partial charge in [-0.1, -0.05) is 48.5 Å². The molecule has 13 heteroatoms. The quantitative estimate of drug-likeness (QED) is 0.427. The van der Waals surface area contributed by atoms with E-state index in [-0.39, 0.29) is 38.2 Å². The first-order valence-corrected chi connectivity index (χ1v) is 13.1. The molecule has 0 bridgehead atoms. The van der Waals surface area contributed by atoms with E-state index in [0.717, 1.165) is 22.3 Å². The topological polar surface area (TPSA) is 169 Å². The lowest BCUT2D eigenvalue weighted by atomic mass is 9.98. The number of nitrogens with one attached hydrogen (secondary N) is 1. The summed E-state index contributed by atoms with van der Waals surface area (Å²) in [5, 5.41) is 13.2. The molecule has 0 saturated carbocycles. The maximum absolute atomic E-state index is 12.8. The Morgan fingerprint density at radius 2 is 1.39 bits per heavy atom. The summed E-state index contributed by atoms with van der Waals surface area (Å²) in [5.41, 5.74) is 4.04. The van der Waals surface area contributed by atoms with Gasteiger partial charge in [0.2, 0.25) is 0 Å². The zero-order valence-corrected chi connectivity index (χ0v) is 21.8. The Balaban J connectivity index is 1.24. The minimum atomic E-state index is -1.31. The van der Waals surface area contributed by atoms with Crippen molar-refractivity contribution in [3.05, 3.63) is 59.7 Å². The molecule has 2 fully saturated rings. The number of carbonyl (C=O) groups excluding carboxylic acids is 6. The lowest BCUT2D eigenvalue weighted by Crippen LogP contribution is -2.42. The molecular weight excluding hydrogens is 538 g/mol. The van der Waals surface area contributed by atoms with Gasteiger partial charge in [0.15, 0.2) is 6.23 Å². The van der Waals surface area contributed by atoms with Crippen LogP contribution in [0.1, 0.15) is 55.6 Å². The minimum absolute atomic E-state index is 0.0138. The van der Waals surface area contributed by atoms with E-state index in [0.29, 0.717) is 10.1 Å². The summed E-state index contributed by atoms with van der Waals surface area (Å²) >= 11 is 0. The molecule has 214 valence electrons. The van der Waals surface area contributed by atoms with Crippen LogP contribution in [0.25, 0.3) is 11.1 Å². The van der Waals surface area contributed by atoms with Crippen molar-refractivity contribution < 1.29 is 48.3 Å². The van der Waals surface area contributed by atoms with Crippen LogP contribution in [0.3, 0.4) is 0 Å². The SMILES string of the molecule is O=C(CC(CC(=O)ON1C(=O)CCC1O)NC(=O)OCC1c2ccccc2-c2ccccc21)ON1C(=O)CCC1=O. The van der Waals surface area contributed by atoms with E-state index in [1.165, 1.54) is 0 Å². The molecule has 41 heavy (non-hydrogen) atoms. The number of benzene rings is 2. The number of hydrogen-bond donors (Lipinski definition) is 2. The summed E-state index contributed by atoms with van der Waals surface area (Å²) in [4.78, 5) is 83.2. The van der Waals surface area contributed by atoms with E-state index >= 15 is 0 Å². The van der Waals surface area contributed by atoms with Gasteiger partial charge in [-0.3, -0.25) is 14.4 Å². The van der Waals surface area contributed by atoms with E-state index in [2.05, 4.69) is 5.32 Å². The molecule has 2 heterocycles. The smallest absolute Gasteiger partial charge is 0.407 e. The molecule has 2 aromatic rings. The average Bonchev–Trinajstić information content (AvgIpc) is 3.56. The van der Waals surface area contributed by atoms with E-state index < -0.39 is 60.9 Å². The van der Waals surface area contributed by atoms with Crippen molar-refractivity contribution in [3.63, 3.8) is 0 Å². The largest absolute Gasteiger partial charge is 0.449 e. The molecule has 2 unspecified atom stereocenters. The van der Waals surface area contributed by atoms with Gasteiger partial charge in [-0.15, -0.1) is 10.1 Å². The standard InChI is InChI=1S/C28H27N3O10/c32-22-9-10-23(33)30(22)40-26(36)13-16(14-27(37)41-31-24(34)11-12-25(31)35)29-28(38)39-15-21-19-7-3-1-5-17(19)18-6-2-4-8-20(18)21/h1-8,16,21-22,32H,9-15H2,(H,29,38). The van der Waals surface area contributed by atoms with Crippen LogP contribution in [0.4, 0.5) is 4.79 Å². The first kappa shape index (κ1) is 27.8. The molecular formula is C28H27N3O10. The molecule has 2 aromatic carbocycles. The molecule has 4 amide bonds. The second-order valence-corrected chi connectivity index (χ2v) is 9.82. The van der Waals surface area contributed by atoms with Gasteiger partial charge < -0.3 is 24.8 Å². The van der Waals surface area contributed by atoms with Gasteiger partial charge in [-0.05, 0) is 22.3 Å². The fraction of sp³-hybridized carbons (Fsp3) is 0.357. The Morgan fingerprint density at radius 1 is 0.829 bits per heavy atom. The van der Waals surface area contributed by atoms with Gasteiger partial charge in [0.05, 0.1) is 18.9 Å². The zero-order valence-electron chi connectivity index (χ0n) is 21.8. The Kier molecular flexibility index (Phi) is 7.97. The van der Waals surface area contributed by atoms with E-state index in [4.69, 9.17) is 14.4 Å². The number of hydroxylamine groups is 4. The highest BCUT2D eigenvalue weighted by Gasteiger charge is 2.36. The summed E-state index contributed by atoms with van der Waals surface area (Å²) in [6, 6.07) is 14.2. The molecule has 2 saturated heterocycles. The van der Waals surface area contributed by atoms with Gasteiger partial charge in [0.25, 0.3) is 17.7 Å². The summed E-state index contributed by atoms with van der Waals surface area (Å²) in [6.07, 6.45) is -3.64. The number of nitrogens with zero attached hydrogens (tertiary/aromatic N) is 2. The first-order chi connectivity index (χ1) is 19.7. The molecule has 13 nitrogen and oxygen atoms in total. The molecule has 5 rings (SSSR count). The summed E-state index contributed by atoms with van der Waals surface area (Å²) < 4.78 is 5.49. The number of alkyl carbamates (subject to hydrolysis) is 1. The highest BCUT2D eigenvalue weighted by Crippen LogP contribution is 2.44. The third-order valence-corrected chi connectivity index (χ3v) is 7.02. The number of amides is 4. The molecule has 0 aromatic heterocycles. The zero-order chi connectivity index (χ0) is 29.1. The van der Waals surface area contributed by atoms with E-state index in [9.17, 15) is 33.9 Å². The van der Waals surface area contributed by atoms with Crippen LogP contribution >= 0.6 is 0 Å². The van der Waals surface area contributed by atoms with Crippen molar-refractivity contribution >= 4 is 35.8 Å². The van der Waals surface area contributed by atoms with Gasteiger partial charge in [0.1, 0.15) is 6.61 Å². The molecule has 1 aliphatic carbocycles. The molecule has 0 spiro atoms. The highest BCUT2D eigenvalue weighted by molar-refractivity contribution is 6.01. The predicted octanol–water partition coefficient (Wildman–Crippen LogP) is 1.68. The third kappa shape index (κ3) is 6.04. The number of aliphatic hydroxyl groups excluding tert-OH is 1. The van der Waals surface area contributed by atoms with Crippen LogP contribution < -0.4 is 5.32 Å². The van der Waals surface area contributed by atoms with Crippen molar-refractivity contribution in [2.75, 3.05) is 6.61 Å². The van der Waals surface area contributed by atoms with Crippen molar-refractivity contribution in [2.45, 2.75) is 56.7 Å². The Morgan fingerprint density at radius 3 is 1.95 bits per heavy atom. The molecule has 2 aliphatic heterocycles. The van der Waals surface area contributed by atoms with Crippen LogP contribution in [-0.4, -0.2) is 69.9 Å². The summed E-state index contributed by atoms with van der Waals surface area (Å²) in [5.74, 6) is -4.31. The number of carbonyl (C=O) groups is 6. The number of hydrogen-bond acceptors (Lipinski definition) is 10. The van der Waals surface area contributed by atoms with Gasteiger partial charge in [-0.25, -0.2) is 14.4 Å². The maximum atomic E-state index is 12.8. The van der Waals surface area contributed by atoms with Crippen molar-refractivity contribution in [3.8, 4) is 11.1 Å². The number of imide groups is 1. The van der Waals surface area contributed by atoms with E-state index in [1.807, 2.05) is 48.5 Å². The normalized spacial score (nSPS) is 18.7. The lowest BCUT2D eigenvalue weighted by molar-refractivity contribution is -0.221. The highest BCUT2D eigenvalue weighted by atomic mass is 16.7. The second kappa shape index (κ2) is 11.8. The molecule has 0 radical (unpaired) electrons. The first-order valence-electron chi connectivity index (χ1n) is 13.1. The second-order valence-electron chi connectivity index (χ2n) is 9.82. The van der Waals surface area contributed by atoms with E-state index in [1.54, 1.807) is 0 Å². The Hall–Kier alpha value is -4.78. The fourth-order valence-corrected chi connectivity index (χ4v) is 5.09. The van der Waals surface area contributed by atoms with Crippen molar-refractivity contribution in [2.24, 2.45) is 0 Å². The van der Waals surface area contributed by atoms with Crippen LogP contribution in [0.2, 0.25) is 0 Å². The van der Waals surface area contributed by atoms with Gasteiger partial charge >= 0.3 is 18.0 Å². The van der Waals surface area contributed by atoms with Crippen molar-refractivity contribution in [1.29, 1.82) is 0 Å². The fourth-order valence-electron chi connectivity index (χ4n) is 5.09. The van der Waals surface area contributed by atoms with Gasteiger partial charge in [0, 0.05) is 31.6 Å². The van der Waals surface area contributed by atoms with Crippen LogP contribution in [0.5, 0.6) is 0 Å². The molecule has 2 atom stereocenters. The van der Waals surface area contributed by atoms with Crippen LogP contribution in [-0.2, 0) is 38.4 Å². The molecule has 3 aliphatic rings. The Bertz CT molecular complexity index is 1350. The average molecular weight is 566 g/mol. The third-order valence-electron chi connectivity index (χ3n) is 7.02. The number of rotatable bonds is 9. The monoisotopic (exact) mass is 565 g/mol. The summed E-state index contributed by atoms with van der Waals surface area (Å²) in [7, 11) is 0. The number of aliphatic hydroxyl groups is 1. The van der Waals surface area contributed by atoms with Crippen LogP contribution in [0.15, 0.2) is 48.5 Å². The Labute approximate surface area is 233 Å². The molecule has 2 N–H and O–H groups in total. The minimum Gasteiger partial charge on any atom is -0.449 e. The number of ether oxygens (including phenoxy) is 1. The maximum Gasteiger partial charge on any atom is 0.407 e. The summed E-state index contributed by atoms with van der Waals surface area (Å²) in [6.45, 7) is -0.0350. The lowest BCUT2D eigenvalue weighted by Gasteiger charge is -2.22. The predicted molar refractivity (Wildman–Crippen MR) is 137 cm³/mol. The number of fused-ring (bicyclic) bond motifs is 3. The van der Waals surface area contributed by atoms with Crippen molar-refractivity contribution in [1.82, 2.24) is 15.4 Å².